The highest BCUT2D eigenvalue weighted by Gasteiger charge is 2.10. The Kier molecular flexibility index (Phi) is 16.6. The SMILES string of the molecule is CCCCCCCCCCCCNC(=O)NCCCC[C@H](N)C(=O)O. The second-order valence-electron chi connectivity index (χ2n) is 6.81. The number of carbonyl (C=O) groups is 2. The monoisotopic (exact) mass is 357 g/mol. The Hall–Kier alpha value is -1.30. The Bertz CT molecular complexity index is 338. The molecule has 5 N–H and O–H groups in total. The molecule has 0 aliphatic heterocycles. The van der Waals surface area contributed by atoms with Crippen LogP contribution < -0.4 is 16.4 Å². The lowest BCUT2D eigenvalue weighted by Crippen LogP contribution is -2.36. The molecule has 6 nitrogen and oxygen atoms in total. The molecule has 0 saturated heterocycles. The van der Waals surface area contributed by atoms with Crippen molar-refractivity contribution in [2.24, 2.45) is 5.73 Å². The van der Waals surface area contributed by atoms with Gasteiger partial charge in [0, 0.05) is 13.1 Å². The van der Waals surface area contributed by atoms with Crippen LogP contribution in [0.4, 0.5) is 4.79 Å². The molecule has 0 unspecified atom stereocenters. The molecule has 1 atom stereocenters. The van der Waals surface area contributed by atoms with Crippen LogP contribution in [0.15, 0.2) is 0 Å². The number of urea groups is 1. The molecule has 0 aliphatic rings. The molecule has 0 aromatic heterocycles. The Labute approximate surface area is 153 Å². The molecule has 148 valence electrons. The first-order valence-corrected chi connectivity index (χ1v) is 10.1. The molecule has 0 aromatic carbocycles. The van der Waals surface area contributed by atoms with Crippen molar-refractivity contribution in [3.8, 4) is 0 Å². The first kappa shape index (κ1) is 23.7. The number of carbonyl (C=O) groups excluding carboxylic acids is 1. The van der Waals surface area contributed by atoms with E-state index in [1.165, 1.54) is 57.8 Å². The Morgan fingerprint density at radius 1 is 0.800 bits per heavy atom. The van der Waals surface area contributed by atoms with Gasteiger partial charge < -0.3 is 21.5 Å². The number of nitrogens with two attached hydrogens (primary N) is 1. The van der Waals surface area contributed by atoms with Crippen molar-refractivity contribution in [2.75, 3.05) is 13.1 Å². The van der Waals surface area contributed by atoms with Crippen LogP contribution in [0.25, 0.3) is 0 Å². The fourth-order valence-electron chi connectivity index (χ4n) is 2.69. The van der Waals surface area contributed by atoms with Crippen LogP contribution in [0.3, 0.4) is 0 Å². The number of nitrogens with one attached hydrogen (secondary N) is 2. The predicted molar refractivity (Wildman–Crippen MR) is 103 cm³/mol. The van der Waals surface area contributed by atoms with Gasteiger partial charge in [0.25, 0.3) is 0 Å². The summed E-state index contributed by atoms with van der Waals surface area (Å²) in [4.78, 5) is 22.1. The summed E-state index contributed by atoms with van der Waals surface area (Å²) in [5.41, 5.74) is 5.41. The van der Waals surface area contributed by atoms with Crippen molar-refractivity contribution in [3.05, 3.63) is 0 Å². The molecule has 0 spiro atoms. The first-order chi connectivity index (χ1) is 12.1. The molecule has 0 fully saturated rings. The van der Waals surface area contributed by atoms with E-state index in [-0.39, 0.29) is 6.03 Å². The van der Waals surface area contributed by atoms with Gasteiger partial charge in [-0.25, -0.2) is 4.79 Å². The van der Waals surface area contributed by atoms with Gasteiger partial charge in [-0.05, 0) is 25.7 Å². The van der Waals surface area contributed by atoms with Crippen LogP contribution in [0.1, 0.15) is 90.4 Å². The normalized spacial score (nSPS) is 11.9. The molecular weight excluding hydrogens is 318 g/mol. The molecule has 0 saturated carbocycles. The fraction of sp³-hybridized carbons (Fsp3) is 0.895. The van der Waals surface area contributed by atoms with Crippen molar-refractivity contribution >= 4 is 12.0 Å². The van der Waals surface area contributed by atoms with Crippen LogP contribution >= 0.6 is 0 Å². The predicted octanol–water partition coefficient (Wildman–Crippen LogP) is 3.79. The van der Waals surface area contributed by atoms with Crippen molar-refractivity contribution in [1.82, 2.24) is 10.6 Å². The summed E-state index contributed by atoms with van der Waals surface area (Å²) in [6.45, 7) is 3.51. The van der Waals surface area contributed by atoms with Gasteiger partial charge in [0.15, 0.2) is 0 Å². The molecule has 0 heterocycles. The minimum absolute atomic E-state index is 0.140. The second kappa shape index (κ2) is 17.5. The lowest BCUT2D eigenvalue weighted by molar-refractivity contribution is -0.138. The summed E-state index contributed by atoms with van der Waals surface area (Å²) >= 11 is 0. The highest BCUT2D eigenvalue weighted by atomic mass is 16.4. The van der Waals surface area contributed by atoms with Gasteiger partial charge in [-0.15, -0.1) is 0 Å². The maximum Gasteiger partial charge on any atom is 0.320 e. The highest BCUT2D eigenvalue weighted by molar-refractivity contribution is 5.73. The number of hydrogen-bond acceptors (Lipinski definition) is 3. The third-order valence-corrected chi connectivity index (χ3v) is 4.36. The Balaban J connectivity index is 3.24. The van der Waals surface area contributed by atoms with E-state index in [2.05, 4.69) is 17.6 Å². The van der Waals surface area contributed by atoms with Crippen LogP contribution in [0.2, 0.25) is 0 Å². The van der Waals surface area contributed by atoms with Gasteiger partial charge in [-0.1, -0.05) is 64.7 Å². The largest absolute Gasteiger partial charge is 0.480 e. The summed E-state index contributed by atoms with van der Waals surface area (Å²) in [5.74, 6) is -0.970. The van der Waals surface area contributed by atoms with Gasteiger partial charge in [-0.2, -0.15) is 0 Å². The lowest BCUT2D eigenvalue weighted by Gasteiger charge is -2.08. The summed E-state index contributed by atoms with van der Waals surface area (Å²) < 4.78 is 0. The number of carboxylic acid groups (broad SMARTS) is 1. The molecule has 25 heavy (non-hydrogen) atoms. The number of rotatable bonds is 17. The zero-order valence-corrected chi connectivity index (χ0v) is 16.0. The lowest BCUT2D eigenvalue weighted by atomic mass is 10.1. The van der Waals surface area contributed by atoms with Crippen LogP contribution in [0.5, 0.6) is 0 Å². The third-order valence-electron chi connectivity index (χ3n) is 4.36. The Morgan fingerprint density at radius 3 is 1.72 bits per heavy atom. The highest BCUT2D eigenvalue weighted by Crippen LogP contribution is 2.10. The van der Waals surface area contributed by atoms with Gasteiger partial charge in [0.05, 0.1) is 0 Å². The topological polar surface area (TPSA) is 104 Å². The summed E-state index contributed by atoms with van der Waals surface area (Å²) in [7, 11) is 0. The van der Waals surface area contributed by atoms with E-state index in [9.17, 15) is 9.59 Å². The average molecular weight is 358 g/mol. The van der Waals surface area contributed by atoms with E-state index in [4.69, 9.17) is 10.8 Å². The minimum atomic E-state index is -0.970. The average Bonchev–Trinajstić information content (AvgIpc) is 2.59. The van der Waals surface area contributed by atoms with Crippen molar-refractivity contribution in [2.45, 2.75) is 96.4 Å². The molecule has 0 aromatic rings. The van der Waals surface area contributed by atoms with Crippen LogP contribution in [0, 0.1) is 0 Å². The summed E-state index contributed by atoms with van der Waals surface area (Å²) in [5, 5.41) is 14.3. The van der Waals surface area contributed by atoms with E-state index in [1.54, 1.807) is 0 Å². The van der Waals surface area contributed by atoms with Gasteiger partial charge in [0.2, 0.25) is 0 Å². The van der Waals surface area contributed by atoms with Crippen LogP contribution in [-0.4, -0.2) is 36.2 Å². The van der Waals surface area contributed by atoms with E-state index in [0.29, 0.717) is 25.9 Å². The fourth-order valence-corrected chi connectivity index (χ4v) is 2.69. The molecule has 6 heteroatoms. The smallest absolute Gasteiger partial charge is 0.320 e. The number of aliphatic carboxylic acids is 1. The van der Waals surface area contributed by atoms with Crippen molar-refractivity contribution in [1.29, 1.82) is 0 Å². The summed E-state index contributed by atoms with van der Waals surface area (Å²) in [6.07, 6.45) is 14.7. The summed E-state index contributed by atoms with van der Waals surface area (Å²) in [6, 6.07) is -0.941. The molecule has 2 amide bonds. The van der Waals surface area contributed by atoms with Gasteiger partial charge in [-0.3, -0.25) is 4.79 Å². The first-order valence-electron chi connectivity index (χ1n) is 10.1. The number of unbranched alkanes of at least 4 members (excludes halogenated alkanes) is 10. The van der Waals surface area contributed by atoms with Crippen LogP contribution in [-0.2, 0) is 4.79 Å². The van der Waals surface area contributed by atoms with E-state index < -0.39 is 12.0 Å². The van der Waals surface area contributed by atoms with E-state index >= 15 is 0 Å². The minimum Gasteiger partial charge on any atom is -0.480 e. The van der Waals surface area contributed by atoms with Crippen molar-refractivity contribution in [3.63, 3.8) is 0 Å². The zero-order valence-electron chi connectivity index (χ0n) is 16.0. The molecular formula is C19H39N3O3. The third kappa shape index (κ3) is 17.3. The number of amides is 2. The maximum absolute atomic E-state index is 11.6. The van der Waals surface area contributed by atoms with Gasteiger partial charge in [0.1, 0.15) is 6.04 Å². The molecule has 0 radical (unpaired) electrons. The quantitative estimate of drug-likeness (QED) is 0.297. The number of carboxylic acids is 1. The second-order valence-corrected chi connectivity index (χ2v) is 6.81. The molecule has 0 rings (SSSR count). The maximum atomic E-state index is 11.6. The standard InChI is InChI=1S/C19H39N3O3/c1-2-3-4-5-6-7-8-9-10-12-15-21-19(25)22-16-13-11-14-17(20)18(23)24/h17H,2-16,20H2,1H3,(H,23,24)(H2,21,22,25)/t17-/m0/s1. The molecule has 0 bridgehead atoms. The van der Waals surface area contributed by atoms with E-state index in [1.807, 2.05) is 0 Å². The number of hydrogen-bond donors (Lipinski definition) is 4. The zero-order chi connectivity index (χ0) is 18.8. The van der Waals surface area contributed by atoms with E-state index in [0.717, 1.165) is 12.8 Å². The van der Waals surface area contributed by atoms with Gasteiger partial charge >= 0.3 is 12.0 Å². The Morgan fingerprint density at radius 2 is 1.24 bits per heavy atom. The van der Waals surface area contributed by atoms with Crippen molar-refractivity contribution < 1.29 is 14.7 Å². The molecule has 0 aliphatic carbocycles.